The molecule has 170 valence electrons. The van der Waals surface area contributed by atoms with Crippen molar-refractivity contribution in [2.75, 3.05) is 50.1 Å². The number of carbonyl (C=O) groups is 1. The zero-order valence-corrected chi connectivity index (χ0v) is 19.3. The van der Waals surface area contributed by atoms with Gasteiger partial charge in [-0.2, -0.15) is 0 Å². The van der Waals surface area contributed by atoms with Gasteiger partial charge in [0.15, 0.2) is 10.9 Å². The number of likely N-dealkylation sites (N-methyl/N-ethyl adjacent to an activating group) is 1. The summed E-state index contributed by atoms with van der Waals surface area (Å²) < 4.78 is 4.95. The number of hydrogen-bond donors (Lipinski definition) is 2. The maximum atomic E-state index is 12.5. The van der Waals surface area contributed by atoms with E-state index in [1.54, 1.807) is 6.07 Å². The number of anilines is 2. The largest absolute Gasteiger partial charge is 0.490 e. The van der Waals surface area contributed by atoms with Crippen LogP contribution in [0.4, 0.5) is 17.1 Å². The van der Waals surface area contributed by atoms with Gasteiger partial charge in [-0.15, -0.1) is 0 Å². The van der Waals surface area contributed by atoms with Gasteiger partial charge in [0.25, 0.3) is 5.91 Å². The zero-order chi connectivity index (χ0) is 23.3. The predicted octanol–water partition coefficient (Wildman–Crippen LogP) is 3.53. The first kappa shape index (κ1) is 23.7. The number of rotatable bonds is 6. The fraction of sp³-hybridized carbons (Fsp3) is 0.333. The van der Waals surface area contributed by atoms with Crippen LogP contribution in [0.3, 0.4) is 0 Å². The summed E-state index contributed by atoms with van der Waals surface area (Å²) in [6.45, 7) is 6.99. The Balaban J connectivity index is 1.62. The molecular formula is C21H24ClN5O4S. The number of methoxy groups -OCH3 is 1. The van der Waals surface area contributed by atoms with Crippen LogP contribution < -0.4 is 20.3 Å². The Morgan fingerprint density at radius 2 is 1.94 bits per heavy atom. The lowest BCUT2D eigenvalue weighted by atomic mass is 10.1. The highest BCUT2D eigenvalue weighted by atomic mass is 35.5. The number of amides is 1. The minimum atomic E-state index is -0.613. The molecule has 2 N–H and O–H groups in total. The van der Waals surface area contributed by atoms with Gasteiger partial charge in [0.05, 0.1) is 22.7 Å². The van der Waals surface area contributed by atoms with Crippen LogP contribution in [0, 0.1) is 10.1 Å². The van der Waals surface area contributed by atoms with E-state index in [0.29, 0.717) is 10.7 Å². The molecule has 0 aromatic heterocycles. The van der Waals surface area contributed by atoms with Crippen LogP contribution in [0.1, 0.15) is 17.3 Å². The van der Waals surface area contributed by atoms with Crippen molar-refractivity contribution in [2.24, 2.45) is 0 Å². The van der Waals surface area contributed by atoms with E-state index in [1.807, 2.05) is 12.1 Å². The van der Waals surface area contributed by atoms with E-state index in [4.69, 9.17) is 28.6 Å². The maximum absolute atomic E-state index is 12.5. The van der Waals surface area contributed by atoms with E-state index in [0.717, 1.165) is 44.5 Å². The second kappa shape index (κ2) is 10.6. The second-order valence-electron chi connectivity index (χ2n) is 7.14. The molecule has 0 aliphatic carbocycles. The number of hydrogen-bond acceptors (Lipinski definition) is 7. The van der Waals surface area contributed by atoms with Crippen molar-refractivity contribution in [2.45, 2.75) is 6.92 Å². The summed E-state index contributed by atoms with van der Waals surface area (Å²) in [7, 11) is 1.32. The summed E-state index contributed by atoms with van der Waals surface area (Å²) in [5.74, 6) is -0.511. The number of piperazine rings is 1. The Bertz CT molecular complexity index is 1030. The number of nitrogens with one attached hydrogen (secondary N) is 2. The normalized spacial score (nSPS) is 14.0. The third-order valence-corrected chi connectivity index (χ3v) is 5.74. The van der Waals surface area contributed by atoms with Gasteiger partial charge in [0, 0.05) is 43.5 Å². The van der Waals surface area contributed by atoms with Crippen LogP contribution in [0.15, 0.2) is 36.4 Å². The summed E-state index contributed by atoms with van der Waals surface area (Å²) in [5, 5.41) is 17.2. The molecule has 2 aromatic rings. The van der Waals surface area contributed by atoms with E-state index in [2.05, 4.69) is 27.4 Å². The van der Waals surface area contributed by atoms with Crippen LogP contribution in [-0.4, -0.2) is 60.7 Å². The van der Waals surface area contributed by atoms with Gasteiger partial charge in [0.2, 0.25) is 0 Å². The number of ether oxygens (including phenoxy) is 1. The average molecular weight is 478 g/mol. The number of nitro benzene ring substituents is 1. The summed E-state index contributed by atoms with van der Waals surface area (Å²) in [5.41, 5.74) is 1.35. The molecule has 0 radical (unpaired) electrons. The molecule has 1 saturated heterocycles. The smallest absolute Gasteiger partial charge is 0.311 e. The molecule has 1 heterocycles. The summed E-state index contributed by atoms with van der Waals surface area (Å²) in [6, 6.07) is 9.43. The van der Waals surface area contributed by atoms with Crippen molar-refractivity contribution in [3.05, 3.63) is 57.1 Å². The van der Waals surface area contributed by atoms with Gasteiger partial charge >= 0.3 is 5.69 Å². The lowest BCUT2D eigenvalue weighted by Gasteiger charge is -2.36. The van der Waals surface area contributed by atoms with Crippen molar-refractivity contribution >= 4 is 51.9 Å². The third-order valence-electron chi connectivity index (χ3n) is 5.23. The third kappa shape index (κ3) is 5.64. The second-order valence-corrected chi connectivity index (χ2v) is 7.95. The van der Waals surface area contributed by atoms with E-state index in [1.165, 1.54) is 19.2 Å². The summed E-state index contributed by atoms with van der Waals surface area (Å²) in [4.78, 5) is 27.6. The van der Waals surface area contributed by atoms with Crippen LogP contribution in [0.25, 0.3) is 0 Å². The maximum Gasteiger partial charge on any atom is 0.311 e. The molecule has 32 heavy (non-hydrogen) atoms. The van der Waals surface area contributed by atoms with Crippen molar-refractivity contribution < 1.29 is 14.5 Å². The molecule has 1 fully saturated rings. The van der Waals surface area contributed by atoms with Gasteiger partial charge < -0.3 is 19.9 Å². The molecule has 0 saturated carbocycles. The Morgan fingerprint density at radius 1 is 1.22 bits per heavy atom. The van der Waals surface area contributed by atoms with Crippen molar-refractivity contribution in [3.8, 4) is 5.75 Å². The SMILES string of the molecule is CCN1CCN(c2ccc(NC(=S)NC(=O)c3ccc(OC)c([N+](=O)[O-])c3)cc2Cl)CC1. The lowest BCUT2D eigenvalue weighted by molar-refractivity contribution is -0.385. The van der Waals surface area contributed by atoms with Gasteiger partial charge in [-0.25, -0.2) is 0 Å². The Labute approximate surface area is 196 Å². The number of halogens is 1. The summed E-state index contributed by atoms with van der Waals surface area (Å²) in [6.07, 6.45) is 0. The Morgan fingerprint density at radius 3 is 2.53 bits per heavy atom. The first-order valence-electron chi connectivity index (χ1n) is 10.0. The highest BCUT2D eigenvalue weighted by molar-refractivity contribution is 7.80. The van der Waals surface area contributed by atoms with E-state index < -0.39 is 10.8 Å². The van der Waals surface area contributed by atoms with Crippen molar-refractivity contribution in [1.29, 1.82) is 0 Å². The van der Waals surface area contributed by atoms with Crippen LogP contribution >= 0.6 is 23.8 Å². The topological polar surface area (TPSA) is 100.0 Å². The van der Waals surface area contributed by atoms with Gasteiger partial charge in [-0.1, -0.05) is 18.5 Å². The highest BCUT2D eigenvalue weighted by Crippen LogP contribution is 2.30. The number of nitrogens with zero attached hydrogens (tertiary/aromatic N) is 3. The van der Waals surface area contributed by atoms with E-state index in [-0.39, 0.29) is 22.1 Å². The van der Waals surface area contributed by atoms with Gasteiger partial charge in [-0.05, 0) is 49.1 Å². The van der Waals surface area contributed by atoms with Crippen molar-refractivity contribution in [1.82, 2.24) is 10.2 Å². The lowest BCUT2D eigenvalue weighted by Crippen LogP contribution is -2.46. The number of nitro groups is 1. The number of benzene rings is 2. The fourth-order valence-electron chi connectivity index (χ4n) is 3.46. The van der Waals surface area contributed by atoms with Crippen molar-refractivity contribution in [3.63, 3.8) is 0 Å². The molecule has 2 aromatic carbocycles. The number of carbonyl (C=O) groups excluding carboxylic acids is 1. The molecule has 0 atom stereocenters. The van der Waals surface area contributed by atoms with Gasteiger partial charge in [-0.3, -0.25) is 20.2 Å². The summed E-state index contributed by atoms with van der Waals surface area (Å²) >= 11 is 11.7. The molecule has 0 bridgehead atoms. The molecule has 9 nitrogen and oxygen atoms in total. The molecule has 0 spiro atoms. The monoisotopic (exact) mass is 477 g/mol. The van der Waals surface area contributed by atoms with E-state index >= 15 is 0 Å². The zero-order valence-electron chi connectivity index (χ0n) is 17.8. The minimum Gasteiger partial charge on any atom is -0.490 e. The van der Waals surface area contributed by atoms with Gasteiger partial charge in [0.1, 0.15) is 0 Å². The first-order valence-corrected chi connectivity index (χ1v) is 10.8. The molecular weight excluding hydrogens is 454 g/mol. The molecule has 1 aliphatic rings. The molecule has 11 heteroatoms. The number of thiocarbonyl (C=S) groups is 1. The molecule has 1 aliphatic heterocycles. The standard InChI is InChI=1S/C21H24ClN5O4S/c1-3-25-8-10-26(11-9-25)17-6-5-15(13-16(17)22)23-21(32)24-20(28)14-4-7-19(31-2)18(12-14)27(29)30/h4-7,12-13H,3,8-11H2,1-2H3,(H2,23,24,28,32). The average Bonchev–Trinajstić information content (AvgIpc) is 2.78. The molecule has 3 rings (SSSR count). The Kier molecular flexibility index (Phi) is 7.84. The molecule has 1 amide bonds. The van der Waals surface area contributed by atoms with E-state index in [9.17, 15) is 14.9 Å². The first-order chi connectivity index (χ1) is 15.3. The fourth-order valence-corrected chi connectivity index (χ4v) is 3.97. The van der Waals surface area contributed by atoms with Crippen LogP contribution in [0.5, 0.6) is 5.75 Å². The highest BCUT2D eigenvalue weighted by Gasteiger charge is 2.20. The minimum absolute atomic E-state index is 0.0499. The molecule has 0 unspecified atom stereocenters. The quantitative estimate of drug-likeness (QED) is 0.370. The Hall–Kier alpha value is -2.95. The van der Waals surface area contributed by atoms with Crippen LogP contribution in [0.2, 0.25) is 5.02 Å². The van der Waals surface area contributed by atoms with Crippen LogP contribution in [-0.2, 0) is 0 Å². The predicted molar refractivity (Wildman–Crippen MR) is 129 cm³/mol.